The van der Waals surface area contributed by atoms with Crippen molar-refractivity contribution in [3.63, 3.8) is 0 Å². The molecule has 0 bridgehead atoms. The first-order valence-electron chi connectivity index (χ1n) is 9.16. The third kappa shape index (κ3) is 4.46. The Bertz CT molecular complexity index is 932. The summed E-state index contributed by atoms with van der Waals surface area (Å²) < 4.78 is 31.8. The number of rotatable bonds is 8. The standard InChI is InChI=1S/C17H19Cl2N3O2S/c1-23-5-4-10(20)7-13-15(19)16-17(24-13)12(8-14(18)22-16)21-9-11-3-2-6-25-11/h2-3,6,8,10H,4-5,7,9,20H2,1H3,(H,21,22)/t10-/m0/s1/i1D3. The second kappa shape index (κ2) is 8.38. The monoisotopic (exact) mass is 402 g/mol. The molecule has 0 unspecified atom stereocenters. The molecule has 0 radical (unpaired) electrons. The third-order valence-electron chi connectivity index (χ3n) is 3.69. The first kappa shape index (κ1) is 14.8. The van der Waals surface area contributed by atoms with Gasteiger partial charge < -0.3 is 20.2 Å². The Labute approximate surface area is 164 Å². The maximum absolute atomic E-state index is 7.04. The van der Waals surface area contributed by atoms with Gasteiger partial charge in [0, 0.05) is 43.6 Å². The van der Waals surface area contributed by atoms with Crippen LogP contribution in [0.15, 0.2) is 28.0 Å². The van der Waals surface area contributed by atoms with E-state index in [0.29, 0.717) is 52.1 Å². The number of pyridine rings is 1. The average molecular weight is 403 g/mol. The molecule has 3 rings (SSSR count). The quantitative estimate of drug-likeness (QED) is 0.533. The topological polar surface area (TPSA) is 73.3 Å². The molecule has 134 valence electrons. The van der Waals surface area contributed by atoms with Crippen LogP contribution in [0.25, 0.3) is 11.1 Å². The molecule has 3 heterocycles. The summed E-state index contributed by atoms with van der Waals surface area (Å²) >= 11 is 14.2. The van der Waals surface area contributed by atoms with Crippen molar-refractivity contribution in [2.45, 2.75) is 25.4 Å². The van der Waals surface area contributed by atoms with Crippen LogP contribution in [0, 0.1) is 0 Å². The lowest BCUT2D eigenvalue weighted by Crippen LogP contribution is -2.24. The van der Waals surface area contributed by atoms with Crippen LogP contribution >= 0.6 is 34.5 Å². The maximum Gasteiger partial charge on any atom is 0.177 e. The van der Waals surface area contributed by atoms with Crippen LogP contribution in [0.2, 0.25) is 10.2 Å². The van der Waals surface area contributed by atoms with Crippen molar-refractivity contribution in [2.24, 2.45) is 5.73 Å². The minimum absolute atomic E-state index is 0.0210. The number of halogens is 2. The largest absolute Gasteiger partial charge is 0.455 e. The lowest BCUT2D eigenvalue weighted by Gasteiger charge is -2.08. The van der Waals surface area contributed by atoms with E-state index in [1.807, 2.05) is 17.5 Å². The molecule has 5 nitrogen and oxygen atoms in total. The number of hydrogen-bond donors (Lipinski definition) is 2. The van der Waals surface area contributed by atoms with Crippen molar-refractivity contribution >= 4 is 51.3 Å². The first-order chi connectivity index (χ1) is 13.2. The number of aromatic nitrogens is 1. The van der Waals surface area contributed by atoms with Crippen molar-refractivity contribution in [1.29, 1.82) is 0 Å². The van der Waals surface area contributed by atoms with Crippen molar-refractivity contribution in [2.75, 3.05) is 19.0 Å². The number of fused-ring (bicyclic) bond motifs is 1. The summed E-state index contributed by atoms with van der Waals surface area (Å²) in [4.78, 5) is 5.43. The van der Waals surface area contributed by atoms with E-state index < -0.39 is 7.04 Å². The maximum atomic E-state index is 7.04. The Morgan fingerprint density at radius 3 is 3.16 bits per heavy atom. The van der Waals surface area contributed by atoms with Gasteiger partial charge in [0.2, 0.25) is 0 Å². The molecule has 1 atom stereocenters. The summed E-state index contributed by atoms with van der Waals surface area (Å²) in [6.45, 7) is 0.639. The van der Waals surface area contributed by atoms with Gasteiger partial charge in [0.25, 0.3) is 0 Å². The average Bonchev–Trinajstić information content (AvgIpc) is 3.21. The smallest absolute Gasteiger partial charge is 0.177 e. The Kier molecular flexibility index (Phi) is 4.97. The van der Waals surface area contributed by atoms with Gasteiger partial charge in [0.05, 0.1) is 9.80 Å². The highest BCUT2D eigenvalue weighted by atomic mass is 35.5. The second-order valence-corrected chi connectivity index (χ2v) is 7.34. The van der Waals surface area contributed by atoms with Crippen molar-refractivity contribution < 1.29 is 13.3 Å². The Morgan fingerprint density at radius 2 is 2.40 bits per heavy atom. The lowest BCUT2D eigenvalue weighted by atomic mass is 10.1. The predicted octanol–water partition coefficient (Wildman–Crippen LogP) is 4.71. The molecule has 0 aliphatic heterocycles. The SMILES string of the molecule is [2H]C([2H])([2H])OCC[C@H](N)Cc1oc2c(NCc3cccs3)cc(Cl)nc2c1Cl. The molecule has 0 saturated carbocycles. The molecule has 0 aromatic carbocycles. The number of thiophene rings is 1. The number of ether oxygens (including phenoxy) is 1. The predicted molar refractivity (Wildman–Crippen MR) is 104 cm³/mol. The van der Waals surface area contributed by atoms with E-state index in [0.717, 1.165) is 4.88 Å². The summed E-state index contributed by atoms with van der Waals surface area (Å²) in [6.07, 6.45) is 0.672. The lowest BCUT2D eigenvalue weighted by molar-refractivity contribution is 0.187. The zero-order valence-electron chi connectivity index (χ0n) is 16.2. The van der Waals surface area contributed by atoms with Crippen LogP contribution < -0.4 is 11.1 Å². The summed E-state index contributed by atoms with van der Waals surface area (Å²) in [5.41, 5.74) is 7.73. The minimum atomic E-state index is -2.43. The number of methoxy groups -OCH3 is 1. The normalized spacial score (nSPS) is 14.9. The van der Waals surface area contributed by atoms with Crippen molar-refractivity contribution in [1.82, 2.24) is 4.98 Å². The molecule has 0 saturated heterocycles. The van der Waals surface area contributed by atoms with Gasteiger partial charge in [-0.15, -0.1) is 11.3 Å². The van der Waals surface area contributed by atoms with Crippen LogP contribution in [0.3, 0.4) is 0 Å². The summed E-state index contributed by atoms with van der Waals surface area (Å²) in [6, 6.07) is 5.32. The van der Waals surface area contributed by atoms with E-state index in [1.165, 1.54) is 0 Å². The fraction of sp³-hybridized carbons (Fsp3) is 0.353. The number of nitrogens with zero attached hydrogens (tertiary/aromatic N) is 1. The van der Waals surface area contributed by atoms with E-state index in [4.69, 9.17) is 42.2 Å². The van der Waals surface area contributed by atoms with Crippen LogP contribution in [0.4, 0.5) is 5.69 Å². The Balaban J connectivity index is 1.74. The molecule has 0 aliphatic carbocycles. The van der Waals surface area contributed by atoms with Gasteiger partial charge in [0.15, 0.2) is 5.58 Å². The van der Waals surface area contributed by atoms with E-state index in [9.17, 15) is 0 Å². The van der Waals surface area contributed by atoms with Gasteiger partial charge in [-0.25, -0.2) is 4.98 Å². The van der Waals surface area contributed by atoms with Crippen LogP contribution in [0.1, 0.15) is 21.2 Å². The molecule has 3 N–H and O–H groups in total. The van der Waals surface area contributed by atoms with E-state index in [1.54, 1.807) is 17.4 Å². The van der Waals surface area contributed by atoms with E-state index in [-0.39, 0.29) is 12.6 Å². The zero-order valence-corrected chi connectivity index (χ0v) is 15.5. The fourth-order valence-electron chi connectivity index (χ4n) is 2.46. The van der Waals surface area contributed by atoms with Crippen LogP contribution in [0.5, 0.6) is 0 Å². The molecular weight excluding hydrogens is 381 g/mol. The van der Waals surface area contributed by atoms with Crippen LogP contribution in [-0.4, -0.2) is 24.7 Å². The molecular formula is C17H19Cl2N3O2S. The molecule has 0 fully saturated rings. The highest BCUT2D eigenvalue weighted by Crippen LogP contribution is 2.36. The van der Waals surface area contributed by atoms with Gasteiger partial charge >= 0.3 is 0 Å². The van der Waals surface area contributed by atoms with Gasteiger partial charge in [0.1, 0.15) is 21.5 Å². The molecule has 0 spiro atoms. The Morgan fingerprint density at radius 1 is 1.52 bits per heavy atom. The highest BCUT2D eigenvalue weighted by molar-refractivity contribution is 7.09. The zero-order chi connectivity index (χ0) is 20.3. The molecule has 25 heavy (non-hydrogen) atoms. The molecule has 0 aliphatic rings. The van der Waals surface area contributed by atoms with E-state index in [2.05, 4.69) is 10.3 Å². The fourth-order valence-corrected chi connectivity index (χ4v) is 3.54. The highest BCUT2D eigenvalue weighted by Gasteiger charge is 2.20. The van der Waals surface area contributed by atoms with Crippen molar-refractivity contribution in [3.05, 3.63) is 44.4 Å². The molecule has 0 amide bonds. The number of furan rings is 1. The third-order valence-corrected chi connectivity index (χ3v) is 5.15. The van der Waals surface area contributed by atoms with Gasteiger partial charge in [-0.05, 0) is 17.9 Å². The van der Waals surface area contributed by atoms with Gasteiger partial charge in [-0.2, -0.15) is 0 Å². The Hall–Kier alpha value is -1.31. The summed E-state index contributed by atoms with van der Waals surface area (Å²) in [5, 5.41) is 5.95. The number of nitrogens with one attached hydrogen (secondary N) is 1. The molecule has 3 aromatic rings. The molecule has 3 aromatic heterocycles. The number of anilines is 1. The summed E-state index contributed by atoms with van der Waals surface area (Å²) in [7, 11) is -2.43. The van der Waals surface area contributed by atoms with E-state index >= 15 is 0 Å². The summed E-state index contributed by atoms with van der Waals surface area (Å²) in [5.74, 6) is 0.479. The molecule has 8 heteroatoms. The second-order valence-electron chi connectivity index (χ2n) is 5.54. The van der Waals surface area contributed by atoms with Crippen molar-refractivity contribution in [3.8, 4) is 0 Å². The van der Waals surface area contributed by atoms with Crippen LogP contribution in [-0.2, 0) is 17.7 Å². The number of nitrogens with two attached hydrogens (primary N) is 1. The van der Waals surface area contributed by atoms with Gasteiger partial charge in [-0.1, -0.05) is 29.3 Å². The first-order valence-corrected chi connectivity index (χ1v) is 9.29. The van der Waals surface area contributed by atoms with Gasteiger partial charge in [-0.3, -0.25) is 0 Å². The number of hydrogen-bond acceptors (Lipinski definition) is 6. The minimum Gasteiger partial charge on any atom is -0.455 e.